The smallest absolute Gasteiger partial charge is 0.410 e. The number of rotatable bonds is 13. The lowest BCUT2D eigenvalue weighted by molar-refractivity contribution is -0.133. The van der Waals surface area contributed by atoms with Crippen molar-refractivity contribution in [2.45, 2.75) is 117 Å². The molecule has 2 N–H and O–H groups in total. The van der Waals surface area contributed by atoms with E-state index in [9.17, 15) is 33.2 Å². The van der Waals surface area contributed by atoms with Crippen molar-refractivity contribution in [3.8, 4) is 33.8 Å². The highest BCUT2D eigenvalue weighted by Crippen LogP contribution is 2.37. The van der Waals surface area contributed by atoms with Crippen molar-refractivity contribution in [1.82, 2.24) is 24.9 Å². The predicted molar refractivity (Wildman–Crippen MR) is 281 cm³/mol. The van der Waals surface area contributed by atoms with Gasteiger partial charge in [-0.15, -0.1) is 0 Å². The van der Waals surface area contributed by atoms with Crippen LogP contribution in [0.2, 0.25) is 0 Å². The van der Waals surface area contributed by atoms with Crippen LogP contribution in [0.1, 0.15) is 109 Å². The zero-order valence-electron chi connectivity index (χ0n) is 44.6. The van der Waals surface area contributed by atoms with Crippen molar-refractivity contribution in [2.24, 2.45) is 0 Å². The number of likely N-dealkylation sites (tertiary alicyclic amines) is 2. The normalized spacial score (nSPS) is 17.0. The van der Waals surface area contributed by atoms with Crippen molar-refractivity contribution < 1.29 is 56.8 Å². The number of halogens is 1. The molecular weight excluding hydrogens is 964 g/mol. The van der Waals surface area contributed by atoms with Gasteiger partial charge in [-0.25, -0.2) is 18.8 Å². The summed E-state index contributed by atoms with van der Waals surface area (Å²) in [6.07, 6.45) is -0.148. The van der Waals surface area contributed by atoms with E-state index >= 15 is 0 Å². The topological polar surface area (TPSA) is 186 Å². The number of anilines is 1. The van der Waals surface area contributed by atoms with Crippen LogP contribution < -0.4 is 20.1 Å². The van der Waals surface area contributed by atoms with Crippen LogP contribution in [-0.4, -0.2) is 144 Å². The minimum atomic E-state index is -0.661. The molecule has 0 spiro atoms. The molecule has 3 heterocycles. The van der Waals surface area contributed by atoms with Gasteiger partial charge in [-0.3, -0.25) is 14.4 Å². The molecule has 4 aromatic carbocycles. The van der Waals surface area contributed by atoms with Gasteiger partial charge in [-0.05, 0) is 141 Å². The molecule has 0 radical (unpaired) electrons. The summed E-state index contributed by atoms with van der Waals surface area (Å²) in [5, 5.41) is 5.91. The third-order valence-electron chi connectivity index (χ3n) is 12.4. The first-order valence-electron chi connectivity index (χ1n) is 25.7. The summed E-state index contributed by atoms with van der Waals surface area (Å²) in [5.41, 5.74) is 1.73. The highest BCUT2D eigenvalue weighted by molar-refractivity contribution is 6.06. The molecule has 3 aliphatic rings. The minimum absolute atomic E-state index is 0.0471. The predicted octanol–water partition coefficient (Wildman–Crippen LogP) is 9.78. The van der Waals surface area contributed by atoms with Crippen LogP contribution in [0.25, 0.3) is 22.3 Å². The summed E-state index contributed by atoms with van der Waals surface area (Å²) in [6.45, 7) is 19.7. The Hall–Kier alpha value is -7.37. The highest BCUT2D eigenvalue weighted by atomic mass is 19.1. The van der Waals surface area contributed by atoms with Crippen molar-refractivity contribution in [2.75, 3.05) is 64.2 Å². The maximum Gasteiger partial charge on any atom is 0.410 e. The van der Waals surface area contributed by atoms with Gasteiger partial charge in [0, 0.05) is 93.0 Å². The van der Waals surface area contributed by atoms with Crippen LogP contribution in [0.15, 0.2) is 84.9 Å². The zero-order valence-corrected chi connectivity index (χ0v) is 44.6. The third-order valence-corrected chi connectivity index (χ3v) is 12.4. The second kappa shape index (κ2) is 23.4. The minimum Gasteiger partial charge on any atom is -0.488 e. The number of hydrogen-bond acceptors (Lipinski definition) is 11. The molecule has 75 heavy (non-hydrogen) atoms. The lowest BCUT2D eigenvalue weighted by atomic mass is 9.99. The molecular formula is C57H71FN6O11. The van der Waals surface area contributed by atoms with Crippen LogP contribution in [0.3, 0.4) is 0 Å². The lowest BCUT2D eigenvalue weighted by Gasteiger charge is -2.35. The molecule has 2 atom stereocenters. The van der Waals surface area contributed by atoms with Crippen molar-refractivity contribution >= 4 is 41.7 Å². The molecule has 402 valence electrons. The molecule has 3 aliphatic heterocycles. The highest BCUT2D eigenvalue weighted by Gasteiger charge is 2.34. The number of amides is 6. The Morgan fingerprint density at radius 2 is 0.987 bits per heavy atom. The van der Waals surface area contributed by atoms with E-state index in [0.29, 0.717) is 122 Å². The van der Waals surface area contributed by atoms with E-state index in [4.69, 9.17) is 23.7 Å². The standard InChI is InChI=1S/C57H71FN6O11/c1-55(2,3)73-52(68)62-31-29-61(30-32-62)49(65)11-10-26-59-50(66)39-14-12-37(13-15-39)45-33-40(18-22-47(45)71-43-24-27-63(35-43)53(69)74-56(4,5)6)51(67)60-42-21-23-48(46(34-42)38-16-19-41(58)20-17-38)72-44-25-28-64(36-44)54(70)75-57(7,8)9/h12-23,33-34,43-44H,10-11,24-32,35-36H2,1-9H3,(H,59,66)(H,60,67)/t43-,44-/m0/s1. The fraction of sp³-hybridized carbons (Fsp3) is 0.474. The number of hydrogen-bond donors (Lipinski definition) is 2. The summed E-state index contributed by atoms with van der Waals surface area (Å²) < 4.78 is 43.8. The lowest BCUT2D eigenvalue weighted by Crippen LogP contribution is -2.51. The summed E-state index contributed by atoms with van der Waals surface area (Å²) in [4.78, 5) is 85.2. The third kappa shape index (κ3) is 15.8. The Morgan fingerprint density at radius 3 is 1.51 bits per heavy atom. The van der Waals surface area contributed by atoms with Crippen LogP contribution in [0.4, 0.5) is 24.5 Å². The van der Waals surface area contributed by atoms with Gasteiger partial charge in [-0.1, -0.05) is 24.3 Å². The van der Waals surface area contributed by atoms with Crippen molar-refractivity contribution in [3.63, 3.8) is 0 Å². The first-order chi connectivity index (χ1) is 35.4. The van der Waals surface area contributed by atoms with Gasteiger partial charge in [0.15, 0.2) is 0 Å². The average Bonchev–Trinajstić information content (AvgIpc) is 4.03. The number of piperazine rings is 1. The Labute approximate surface area is 438 Å². The largest absolute Gasteiger partial charge is 0.488 e. The van der Waals surface area contributed by atoms with Gasteiger partial charge in [0.05, 0.1) is 13.1 Å². The number of carbonyl (C=O) groups excluding carboxylic acids is 6. The van der Waals surface area contributed by atoms with Gasteiger partial charge >= 0.3 is 18.3 Å². The maximum atomic E-state index is 14.2. The number of nitrogens with zero attached hydrogens (tertiary/aromatic N) is 4. The SMILES string of the molecule is CC(C)(C)OC(=O)N1CCN(C(=O)CCCNC(=O)c2ccc(-c3cc(C(=O)Nc4ccc(O[C@H]5CCN(C(=O)OC(C)(C)C)C5)c(-c5ccc(F)cc5)c4)ccc3O[C@H]3CCN(C(=O)OC(C)(C)C)C3)cc2)CC1. The summed E-state index contributed by atoms with van der Waals surface area (Å²) in [5.74, 6) is -0.246. The zero-order chi connectivity index (χ0) is 54.2. The Morgan fingerprint density at radius 1 is 0.533 bits per heavy atom. The molecule has 6 amide bonds. The average molecular weight is 1040 g/mol. The van der Waals surface area contributed by atoms with E-state index in [1.54, 1.807) is 92.4 Å². The van der Waals surface area contributed by atoms with Gasteiger partial charge in [0.25, 0.3) is 11.8 Å². The van der Waals surface area contributed by atoms with Crippen LogP contribution in [-0.2, 0) is 19.0 Å². The van der Waals surface area contributed by atoms with E-state index in [2.05, 4.69) is 10.6 Å². The van der Waals surface area contributed by atoms with Gasteiger partial charge in [0.2, 0.25) is 5.91 Å². The Bertz CT molecular complexity index is 2700. The Balaban J connectivity index is 1.04. The number of benzene rings is 4. The quantitative estimate of drug-likeness (QED) is 0.0960. The summed E-state index contributed by atoms with van der Waals surface area (Å²) >= 11 is 0. The second-order valence-electron chi connectivity index (χ2n) is 22.1. The molecule has 0 unspecified atom stereocenters. The number of carbonyl (C=O) groups is 6. The molecule has 0 aromatic heterocycles. The molecule has 4 aromatic rings. The summed E-state index contributed by atoms with van der Waals surface area (Å²) in [7, 11) is 0. The van der Waals surface area contributed by atoms with Crippen molar-refractivity contribution in [3.05, 3.63) is 102 Å². The molecule has 7 rings (SSSR count). The van der Waals surface area contributed by atoms with Crippen LogP contribution >= 0.6 is 0 Å². The fourth-order valence-electron chi connectivity index (χ4n) is 8.73. The molecule has 0 saturated carbocycles. The fourth-order valence-corrected chi connectivity index (χ4v) is 8.73. The monoisotopic (exact) mass is 1030 g/mol. The number of nitrogens with one attached hydrogen (secondary N) is 2. The van der Waals surface area contributed by atoms with Gasteiger partial charge < -0.3 is 53.9 Å². The molecule has 17 nitrogen and oxygen atoms in total. The molecule has 18 heteroatoms. The van der Waals surface area contributed by atoms with E-state index in [1.165, 1.54) is 12.1 Å². The van der Waals surface area contributed by atoms with Crippen LogP contribution in [0, 0.1) is 5.82 Å². The number of ether oxygens (including phenoxy) is 5. The van der Waals surface area contributed by atoms with E-state index < -0.39 is 46.8 Å². The first-order valence-corrected chi connectivity index (χ1v) is 25.7. The summed E-state index contributed by atoms with van der Waals surface area (Å²) in [6, 6.07) is 23.2. The second-order valence-corrected chi connectivity index (χ2v) is 22.1. The molecule has 0 bridgehead atoms. The van der Waals surface area contributed by atoms with Crippen LogP contribution in [0.5, 0.6) is 11.5 Å². The maximum absolute atomic E-state index is 14.2. The van der Waals surface area contributed by atoms with E-state index in [0.717, 1.165) is 0 Å². The molecule has 3 saturated heterocycles. The van der Waals surface area contributed by atoms with E-state index in [-0.39, 0.29) is 37.0 Å². The molecule has 3 fully saturated rings. The van der Waals surface area contributed by atoms with E-state index in [1.807, 2.05) is 62.3 Å². The Kier molecular flexibility index (Phi) is 17.3. The molecule has 0 aliphatic carbocycles. The van der Waals surface area contributed by atoms with Crippen molar-refractivity contribution in [1.29, 1.82) is 0 Å². The first kappa shape index (κ1) is 55.4. The van der Waals surface area contributed by atoms with Gasteiger partial charge in [-0.2, -0.15) is 0 Å². The van der Waals surface area contributed by atoms with Gasteiger partial charge in [0.1, 0.15) is 46.3 Å².